The van der Waals surface area contributed by atoms with Crippen LogP contribution in [0.4, 0.5) is 0 Å². The molecular weight excluding hydrogens is 198 g/mol. The van der Waals surface area contributed by atoms with Gasteiger partial charge >= 0.3 is 0 Å². The predicted octanol–water partition coefficient (Wildman–Crippen LogP) is 1.01. The van der Waals surface area contributed by atoms with E-state index in [0.29, 0.717) is 0 Å². The molecule has 0 aliphatic carbocycles. The number of piperidine rings is 1. The first-order chi connectivity index (χ1) is 7.84. The average Bonchev–Trinajstić information content (AvgIpc) is 2.22. The first-order valence-electron chi connectivity index (χ1n) is 6.96. The number of rotatable bonds is 2. The van der Waals surface area contributed by atoms with Crippen molar-refractivity contribution in [3.8, 4) is 0 Å². The van der Waals surface area contributed by atoms with Gasteiger partial charge in [0.1, 0.15) is 0 Å². The van der Waals surface area contributed by atoms with Crippen LogP contribution in [-0.4, -0.2) is 62.7 Å². The van der Waals surface area contributed by atoms with Gasteiger partial charge in [-0.3, -0.25) is 0 Å². The van der Waals surface area contributed by atoms with Crippen LogP contribution in [0.25, 0.3) is 0 Å². The largest absolute Gasteiger partial charge is 0.317 e. The average molecular weight is 225 g/mol. The summed E-state index contributed by atoms with van der Waals surface area (Å²) in [7, 11) is 2.27. The Labute approximate surface area is 100 Å². The van der Waals surface area contributed by atoms with Crippen LogP contribution in [0.15, 0.2) is 0 Å². The lowest BCUT2D eigenvalue weighted by atomic mass is 9.97. The van der Waals surface area contributed by atoms with Crippen molar-refractivity contribution < 1.29 is 0 Å². The summed E-state index contributed by atoms with van der Waals surface area (Å²) in [4.78, 5) is 5.20. The lowest BCUT2D eigenvalue weighted by Gasteiger charge is -2.34. The lowest BCUT2D eigenvalue weighted by molar-refractivity contribution is 0.146. The summed E-state index contributed by atoms with van der Waals surface area (Å²) in [5.41, 5.74) is 0. The standard InChI is InChI=1S/C13H27N3/c1-15-8-2-5-13(11-15)12-16-9-3-6-14-7-4-10-16/h13-14H,2-12H2,1H3. The smallest absolute Gasteiger partial charge is 0.00219 e. The van der Waals surface area contributed by atoms with Crippen LogP contribution in [0.1, 0.15) is 25.7 Å². The first-order valence-corrected chi connectivity index (χ1v) is 6.96. The van der Waals surface area contributed by atoms with Gasteiger partial charge in [0.25, 0.3) is 0 Å². The zero-order chi connectivity index (χ0) is 11.2. The molecule has 16 heavy (non-hydrogen) atoms. The van der Waals surface area contributed by atoms with Gasteiger partial charge in [0.05, 0.1) is 0 Å². The fourth-order valence-electron chi connectivity index (χ4n) is 3.06. The monoisotopic (exact) mass is 225 g/mol. The maximum absolute atomic E-state index is 3.48. The van der Waals surface area contributed by atoms with E-state index in [9.17, 15) is 0 Å². The van der Waals surface area contributed by atoms with Gasteiger partial charge in [-0.15, -0.1) is 0 Å². The van der Waals surface area contributed by atoms with Gasteiger partial charge in [0.2, 0.25) is 0 Å². The van der Waals surface area contributed by atoms with Crippen LogP contribution < -0.4 is 5.32 Å². The Morgan fingerprint density at radius 1 is 1.06 bits per heavy atom. The molecule has 3 heteroatoms. The summed E-state index contributed by atoms with van der Waals surface area (Å²) in [6.07, 6.45) is 5.49. The first kappa shape index (κ1) is 12.3. The maximum Gasteiger partial charge on any atom is 0.00219 e. The zero-order valence-corrected chi connectivity index (χ0v) is 10.7. The van der Waals surface area contributed by atoms with Gasteiger partial charge < -0.3 is 15.1 Å². The molecule has 1 unspecified atom stereocenters. The molecule has 3 nitrogen and oxygen atoms in total. The van der Waals surface area contributed by atoms with E-state index < -0.39 is 0 Å². The highest BCUT2D eigenvalue weighted by Gasteiger charge is 2.20. The zero-order valence-electron chi connectivity index (χ0n) is 10.7. The molecule has 0 radical (unpaired) electrons. The summed E-state index contributed by atoms with van der Waals surface area (Å²) in [5, 5.41) is 3.48. The fraction of sp³-hybridized carbons (Fsp3) is 1.00. The molecule has 2 heterocycles. The molecule has 0 aromatic carbocycles. The Balaban J connectivity index is 1.73. The van der Waals surface area contributed by atoms with Gasteiger partial charge in [-0.2, -0.15) is 0 Å². The number of hydrogen-bond donors (Lipinski definition) is 1. The van der Waals surface area contributed by atoms with Crippen molar-refractivity contribution in [2.75, 3.05) is 52.9 Å². The van der Waals surface area contributed by atoms with E-state index >= 15 is 0 Å². The molecule has 1 N–H and O–H groups in total. The molecule has 0 saturated carbocycles. The second-order valence-electron chi connectivity index (χ2n) is 5.53. The lowest BCUT2D eigenvalue weighted by Crippen LogP contribution is -2.41. The summed E-state index contributed by atoms with van der Waals surface area (Å²) in [5.74, 6) is 0.922. The third-order valence-electron chi connectivity index (χ3n) is 3.89. The minimum atomic E-state index is 0.922. The maximum atomic E-state index is 3.48. The van der Waals surface area contributed by atoms with Crippen LogP contribution in [0.3, 0.4) is 0 Å². The Kier molecular flexibility index (Phi) is 5.07. The third-order valence-corrected chi connectivity index (χ3v) is 3.89. The molecule has 0 spiro atoms. The fourth-order valence-corrected chi connectivity index (χ4v) is 3.06. The topological polar surface area (TPSA) is 18.5 Å². The molecule has 2 fully saturated rings. The van der Waals surface area contributed by atoms with Crippen LogP contribution >= 0.6 is 0 Å². The molecule has 2 aliphatic heterocycles. The Morgan fingerprint density at radius 2 is 1.81 bits per heavy atom. The quantitative estimate of drug-likeness (QED) is 0.757. The summed E-state index contributed by atoms with van der Waals surface area (Å²) < 4.78 is 0. The highest BCUT2D eigenvalue weighted by Crippen LogP contribution is 2.16. The second kappa shape index (κ2) is 6.58. The Morgan fingerprint density at radius 3 is 2.50 bits per heavy atom. The Hall–Kier alpha value is -0.120. The summed E-state index contributed by atoms with van der Waals surface area (Å²) >= 11 is 0. The van der Waals surface area contributed by atoms with Crippen LogP contribution in [0, 0.1) is 5.92 Å². The van der Waals surface area contributed by atoms with Gasteiger partial charge in [0, 0.05) is 13.1 Å². The Bertz CT molecular complexity index is 188. The number of nitrogens with one attached hydrogen (secondary N) is 1. The highest BCUT2D eigenvalue weighted by molar-refractivity contribution is 4.75. The highest BCUT2D eigenvalue weighted by atomic mass is 15.2. The third kappa shape index (κ3) is 4.04. The molecule has 0 aromatic rings. The number of nitrogens with zero attached hydrogens (tertiary/aromatic N) is 2. The van der Waals surface area contributed by atoms with E-state index in [1.807, 2.05) is 0 Å². The van der Waals surface area contributed by atoms with E-state index in [4.69, 9.17) is 0 Å². The molecule has 0 aromatic heterocycles. The van der Waals surface area contributed by atoms with E-state index in [0.717, 1.165) is 5.92 Å². The molecule has 94 valence electrons. The van der Waals surface area contributed by atoms with Crippen LogP contribution in [0.5, 0.6) is 0 Å². The SMILES string of the molecule is CN1CCCC(CN2CCCNCCC2)C1. The van der Waals surface area contributed by atoms with Gasteiger partial charge in [-0.1, -0.05) is 0 Å². The molecule has 2 saturated heterocycles. The minimum absolute atomic E-state index is 0.922. The normalized spacial score (nSPS) is 30.9. The van der Waals surface area contributed by atoms with E-state index in [-0.39, 0.29) is 0 Å². The van der Waals surface area contributed by atoms with E-state index in [1.165, 1.54) is 71.5 Å². The second-order valence-corrected chi connectivity index (χ2v) is 5.53. The summed E-state index contributed by atoms with van der Waals surface area (Å²) in [6, 6.07) is 0. The van der Waals surface area contributed by atoms with Gasteiger partial charge in [0.15, 0.2) is 0 Å². The van der Waals surface area contributed by atoms with E-state index in [2.05, 4.69) is 22.2 Å². The molecule has 2 rings (SSSR count). The van der Waals surface area contributed by atoms with Crippen molar-refractivity contribution in [3.05, 3.63) is 0 Å². The van der Waals surface area contributed by atoms with Crippen molar-refractivity contribution in [2.45, 2.75) is 25.7 Å². The summed E-state index contributed by atoms with van der Waals surface area (Å²) in [6.45, 7) is 8.97. The number of hydrogen-bond acceptors (Lipinski definition) is 3. The minimum Gasteiger partial charge on any atom is -0.317 e. The molecule has 0 amide bonds. The van der Waals surface area contributed by atoms with Crippen molar-refractivity contribution in [3.63, 3.8) is 0 Å². The van der Waals surface area contributed by atoms with Crippen molar-refractivity contribution in [1.29, 1.82) is 0 Å². The van der Waals surface area contributed by atoms with Crippen molar-refractivity contribution in [2.24, 2.45) is 5.92 Å². The number of likely N-dealkylation sites (tertiary alicyclic amines) is 1. The molecular formula is C13H27N3. The van der Waals surface area contributed by atoms with E-state index in [1.54, 1.807) is 0 Å². The van der Waals surface area contributed by atoms with Crippen LogP contribution in [-0.2, 0) is 0 Å². The molecule has 1 atom stereocenters. The molecule has 0 bridgehead atoms. The molecule has 2 aliphatic rings. The van der Waals surface area contributed by atoms with Gasteiger partial charge in [-0.25, -0.2) is 0 Å². The van der Waals surface area contributed by atoms with Gasteiger partial charge in [-0.05, 0) is 71.4 Å². The predicted molar refractivity (Wildman–Crippen MR) is 68.8 cm³/mol. The van der Waals surface area contributed by atoms with Crippen LogP contribution in [0.2, 0.25) is 0 Å². The van der Waals surface area contributed by atoms with Crippen molar-refractivity contribution in [1.82, 2.24) is 15.1 Å². The van der Waals surface area contributed by atoms with Crippen molar-refractivity contribution >= 4 is 0 Å².